The van der Waals surface area contributed by atoms with Crippen LogP contribution in [0.1, 0.15) is 20.3 Å². The van der Waals surface area contributed by atoms with Crippen LogP contribution in [-0.4, -0.2) is 18.5 Å². The molecule has 6 heteroatoms. The highest BCUT2D eigenvalue weighted by molar-refractivity contribution is 5.90. The van der Waals surface area contributed by atoms with E-state index in [0.29, 0.717) is 23.1 Å². The lowest BCUT2D eigenvalue weighted by atomic mass is 10.1. The first-order valence-corrected chi connectivity index (χ1v) is 6.95. The summed E-state index contributed by atoms with van der Waals surface area (Å²) in [5.41, 5.74) is 0.922. The Labute approximate surface area is 127 Å². The van der Waals surface area contributed by atoms with Crippen molar-refractivity contribution in [3.63, 3.8) is 0 Å². The van der Waals surface area contributed by atoms with E-state index >= 15 is 0 Å². The molecular weight excluding hydrogens is 284 g/mol. The number of carbonyl (C=O) groups excluding carboxylic acids is 1. The molecule has 0 bridgehead atoms. The molecule has 6 nitrogen and oxygen atoms in total. The average Bonchev–Trinajstić information content (AvgIpc) is 2.54. The van der Waals surface area contributed by atoms with Crippen LogP contribution in [0.25, 0.3) is 10.9 Å². The van der Waals surface area contributed by atoms with Crippen molar-refractivity contribution in [2.45, 2.75) is 20.3 Å². The lowest BCUT2D eigenvalue weighted by Gasteiger charge is -2.14. The van der Waals surface area contributed by atoms with Crippen molar-refractivity contribution in [2.75, 3.05) is 12.4 Å². The first kappa shape index (κ1) is 15.6. The maximum Gasteiger partial charge on any atom is 0.298 e. The molecule has 1 aromatic heterocycles. The quantitative estimate of drug-likeness (QED) is 0.633. The van der Waals surface area contributed by atoms with E-state index in [1.807, 2.05) is 19.9 Å². The lowest BCUT2D eigenvalue weighted by molar-refractivity contribution is -0.120. The van der Waals surface area contributed by atoms with E-state index in [9.17, 15) is 9.59 Å². The van der Waals surface area contributed by atoms with E-state index in [4.69, 9.17) is 9.47 Å². The van der Waals surface area contributed by atoms with Crippen LogP contribution in [-0.2, 0) is 4.79 Å². The van der Waals surface area contributed by atoms with Crippen molar-refractivity contribution < 1.29 is 14.3 Å². The first-order chi connectivity index (χ1) is 10.6. The zero-order valence-corrected chi connectivity index (χ0v) is 12.7. The van der Waals surface area contributed by atoms with Gasteiger partial charge in [-0.3, -0.25) is 9.59 Å². The summed E-state index contributed by atoms with van der Waals surface area (Å²) in [6.07, 6.45) is 2.46. The van der Waals surface area contributed by atoms with Gasteiger partial charge >= 0.3 is 0 Å². The molecule has 0 aliphatic rings. The molecule has 0 unspecified atom stereocenters. The molecule has 0 atom stereocenters. The van der Waals surface area contributed by atoms with Crippen molar-refractivity contribution in [3.8, 4) is 11.5 Å². The van der Waals surface area contributed by atoms with Gasteiger partial charge in [0, 0.05) is 24.5 Å². The van der Waals surface area contributed by atoms with Gasteiger partial charge in [0.2, 0.25) is 5.75 Å². The molecule has 0 aliphatic carbocycles. The normalized spacial score (nSPS) is 11.3. The van der Waals surface area contributed by atoms with Crippen LogP contribution in [0.2, 0.25) is 0 Å². The minimum absolute atomic E-state index is 0.146. The number of nitrogens with one attached hydrogen (secondary N) is 2. The highest BCUT2D eigenvalue weighted by Crippen LogP contribution is 2.34. The highest BCUT2D eigenvalue weighted by Gasteiger charge is 2.17. The summed E-state index contributed by atoms with van der Waals surface area (Å²) in [5.74, 6) is 0.774. The molecular formula is C16H18N2O4. The molecule has 1 aromatic carbocycles. The van der Waals surface area contributed by atoms with Crippen LogP contribution in [0.5, 0.6) is 11.5 Å². The first-order valence-electron chi connectivity index (χ1n) is 6.95. The minimum Gasteiger partial charge on any atom is -0.457 e. The van der Waals surface area contributed by atoms with E-state index in [2.05, 4.69) is 10.3 Å². The van der Waals surface area contributed by atoms with Crippen molar-refractivity contribution in [1.82, 2.24) is 4.98 Å². The summed E-state index contributed by atoms with van der Waals surface area (Å²) in [6.45, 7) is 3.99. The third kappa shape index (κ3) is 2.95. The number of hydrogen-bond acceptors (Lipinski definition) is 5. The van der Waals surface area contributed by atoms with Gasteiger partial charge in [-0.2, -0.15) is 0 Å². The molecule has 2 N–H and O–H groups in total. The maximum atomic E-state index is 12.1. The van der Waals surface area contributed by atoms with Crippen molar-refractivity contribution in [3.05, 3.63) is 40.4 Å². The van der Waals surface area contributed by atoms with Gasteiger partial charge in [0.05, 0.1) is 11.3 Å². The Morgan fingerprint density at radius 1 is 1.36 bits per heavy atom. The van der Waals surface area contributed by atoms with E-state index in [1.54, 1.807) is 25.3 Å². The number of aromatic nitrogens is 1. The molecule has 22 heavy (non-hydrogen) atoms. The van der Waals surface area contributed by atoms with Gasteiger partial charge in [-0.15, -0.1) is 0 Å². The number of benzene rings is 1. The number of pyridine rings is 1. The summed E-state index contributed by atoms with van der Waals surface area (Å²) in [7, 11) is 1.79. The van der Waals surface area contributed by atoms with Crippen molar-refractivity contribution in [2.24, 2.45) is 0 Å². The Hall–Kier alpha value is -2.76. The Morgan fingerprint density at radius 3 is 2.73 bits per heavy atom. The number of hydrogen-bond donors (Lipinski definition) is 2. The predicted octanol–water partition coefficient (Wildman–Crippen LogP) is 2.80. The second kappa shape index (κ2) is 6.80. The molecule has 1 heterocycles. The largest absolute Gasteiger partial charge is 0.457 e. The van der Waals surface area contributed by atoms with E-state index in [1.165, 1.54) is 0 Å². The van der Waals surface area contributed by atoms with Gasteiger partial charge in [0.1, 0.15) is 0 Å². The van der Waals surface area contributed by atoms with E-state index in [0.717, 1.165) is 5.69 Å². The Balaban J connectivity index is 2.73. The smallest absolute Gasteiger partial charge is 0.298 e. The standard InChI is InChI=1S/C16H18N2O4/c1-4-11(5-2)22-14-12-7-6-10(17-3)8-13(12)18-16(20)15(14)21-9-19/h4,6-9,17H,5H2,1-3H3,(H,18,20). The molecule has 0 saturated heterocycles. The molecule has 2 aromatic rings. The number of rotatable bonds is 6. The van der Waals surface area contributed by atoms with E-state index in [-0.39, 0.29) is 18.0 Å². The Bertz CT molecular complexity index is 778. The zero-order valence-electron chi connectivity index (χ0n) is 12.7. The Kier molecular flexibility index (Phi) is 4.83. The lowest BCUT2D eigenvalue weighted by Crippen LogP contribution is -2.13. The number of aromatic amines is 1. The van der Waals surface area contributed by atoms with Crippen LogP contribution in [0, 0.1) is 0 Å². The minimum atomic E-state index is -0.519. The fraction of sp³-hybridized carbons (Fsp3) is 0.250. The fourth-order valence-electron chi connectivity index (χ4n) is 2.13. The van der Waals surface area contributed by atoms with Crippen LogP contribution in [0.15, 0.2) is 34.8 Å². The fourth-order valence-corrected chi connectivity index (χ4v) is 2.13. The van der Waals surface area contributed by atoms with Gasteiger partial charge in [0.15, 0.2) is 5.75 Å². The molecule has 0 radical (unpaired) electrons. The SMILES string of the molecule is CC=C(CC)Oc1c(OC=O)c(=O)[nH]c2cc(NC)ccc12. The van der Waals surface area contributed by atoms with Gasteiger partial charge in [0.25, 0.3) is 12.0 Å². The second-order valence-corrected chi connectivity index (χ2v) is 4.55. The van der Waals surface area contributed by atoms with Gasteiger partial charge in [-0.1, -0.05) is 6.92 Å². The van der Waals surface area contributed by atoms with Crippen LogP contribution >= 0.6 is 0 Å². The molecule has 2 rings (SSSR count). The number of carbonyl (C=O) groups is 1. The summed E-state index contributed by atoms with van der Waals surface area (Å²) in [6, 6.07) is 5.43. The predicted molar refractivity (Wildman–Crippen MR) is 85.5 cm³/mol. The van der Waals surface area contributed by atoms with Crippen LogP contribution in [0.4, 0.5) is 5.69 Å². The third-order valence-corrected chi connectivity index (χ3v) is 3.28. The monoisotopic (exact) mass is 302 g/mol. The molecule has 0 saturated carbocycles. The Morgan fingerprint density at radius 2 is 2.14 bits per heavy atom. The summed E-state index contributed by atoms with van der Waals surface area (Å²) in [5, 5.41) is 3.66. The topological polar surface area (TPSA) is 80.4 Å². The number of H-pyrrole nitrogens is 1. The third-order valence-electron chi connectivity index (χ3n) is 3.28. The highest BCUT2D eigenvalue weighted by atomic mass is 16.5. The van der Waals surface area contributed by atoms with Gasteiger partial charge in [-0.25, -0.2) is 0 Å². The van der Waals surface area contributed by atoms with Crippen LogP contribution < -0.4 is 20.3 Å². The number of allylic oxidation sites excluding steroid dienone is 2. The maximum absolute atomic E-state index is 12.1. The molecule has 0 spiro atoms. The number of ether oxygens (including phenoxy) is 2. The average molecular weight is 302 g/mol. The molecule has 116 valence electrons. The molecule has 0 aliphatic heterocycles. The summed E-state index contributed by atoms with van der Waals surface area (Å²) >= 11 is 0. The zero-order chi connectivity index (χ0) is 16.1. The second-order valence-electron chi connectivity index (χ2n) is 4.55. The van der Waals surface area contributed by atoms with Crippen molar-refractivity contribution >= 4 is 23.1 Å². The van der Waals surface area contributed by atoms with E-state index < -0.39 is 5.56 Å². The van der Waals surface area contributed by atoms with Crippen LogP contribution in [0.3, 0.4) is 0 Å². The van der Waals surface area contributed by atoms with Crippen molar-refractivity contribution in [1.29, 1.82) is 0 Å². The van der Waals surface area contributed by atoms with Gasteiger partial charge in [-0.05, 0) is 31.2 Å². The summed E-state index contributed by atoms with van der Waals surface area (Å²) in [4.78, 5) is 25.5. The van der Waals surface area contributed by atoms with Gasteiger partial charge < -0.3 is 19.8 Å². The molecule has 0 amide bonds. The molecule has 0 fully saturated rings. The summed E-state index contributed by atoms with van der Waals surface area (Å²) < 4.78 is 10.6. The number of fused-ring (bicyclic) bond motifs is 1. The number of anilines is 1.